The fourth-order valence-electron chi connectivity index (χ4n) is 5.27. The van der Waals surface area contributed by atoms with E-state index < -0.39 is 17.3 Å². The topological polar surface area (TPSA) is 125 Å². The molecule has 1 fully saturated rings. The van der Waals surface area contributed by atoms with Crippen molar-refractivity contribution in [3.63, 3.8) is 0 Å². The van der Waals surface area contributed by atoms with Crippen LogP contribution >= 0.6 is 0 Å². The van der Waals surface area contributed by atoms with Gasteiger partial charge in [-0.25, -0.2) is 13.9 Å². The summed E-state index contributed by atoms with van der Waals surface area (Å²) in [6.45, 7) is 5.05. The molecule has 0 unspecified atom stereocenters. The van der Waals surface area contributed by atoms with Crippen LogP contribution in [0.4, 0.5) is 10.2 Å². The highest BCUT2D eigenvalue weighted by Gasteiger charge is 2.42. The summed E-state index contributed by atoms with van der Waals surface area (Å²) >= 11 is 0. The Labute approximate surface area is 236 Å². The van der Waals surface area contributed by atoms with Crippen LogP contribution in [0, 0.1) is 24.1 Å². The smallest absolute Gasteiger partial charge is 0.252 e. The Hall–Kier alpha value is -4.98. The fraction of sp³-hybridized carbons (Fsp3) is 0.300. The number of nitrogens with zero attached hydrogens (tertiary/aromatic N) is 5. The first kappa shape index (κ1) is 27.6. The molecule has 0 spiro atoms. The maximum absolute atomic E-state index is 13.8. The molecule has 0 aliphatic carbocycles. The highest BCUT2D eigenvalue weighted by atomic mass is 19.1. The minimum absolute atomic E-state index is 0.202. The lowest BCUT2D eigenvalue weighted by Crippen LogP contribution is -2.63. The third kappa shape index (κ3) is 5.28. The predicted octanol–water partition coefficient (Wildman–Crippen LogP) is 3.63. The van der Waals surface area contributed by atoms with E-state index in [1.165, 1.54) is 25.4 Å². The van der Waals surface area contributed by atoms with Gasteiger partial charge in [0.15, 0.2) is 0 Å². The molecule has 4 heterocycles. The number of carbonyl (C=O) groups excluding carboxylic acids is 2. The van der Waals surface area contributed by atoms with E-state index in [0.29, 0.717) is 54.9 Å². The van der Waals surface area contributed by atoms with Gasteiger partial charge in [0, 0.05) is 43.0 Å². The number of aromatic nitrogens is 3. The number of carbonyl (C=O) groups is 2. The van der Waals surface area contributed by atoms with Crippen molar-refractivity contribution in [1.29, 1.82) is 5.26 Å². The van der Waals surface area contributed by atoms with Crippen LogP contribution in [0.1, 0.15) is 41.3 Å². The summed E-state index contributed by atoms with van der Waals surface area (Å²) in [7, 11) is 1.53. The van der Waals surface area contributed by atoms with Gasteiger partial charge in [-0.2, -0.15) is 10.4 Å². The van der Waals surface area contributed by atoms with Crippen LogP contribution in [0.3, 0.4) is 0 Å². The number of anilines is 1. The lowest BCUT2D eigenvalue weighted by Gasteiger charge is -2.41. The summed E-state index contributed by atoms with van der Waals surface area (Å²) in [5.74, 6) is 0.0525. The lowest BCUT2D eigenvalue weighted by molar-refractivity contribution is -0.127. The molecule has 0 bridgehead atoms. The maximum atomic E-state index is 13.8. The number of amides is 2. The molecule has 0 radical (unpaired) electrons. The first-order valence-electron chi connectivity index (χ1n) is 13.3. The Balaban J connectivity index is 1.36. The normalized spacial score (nSPS) is 14.4. The summed E-state index contributed by atoms with van der Waals surface area (Å²) in [5.41, 5.74) is 2.38. The molecule has 4 aromatic rings. The van der Waals surface area contributed by atoms with Gasteiger partial charge in [0.1, 0.15) is 29.0 Å². The number of aryl methyl sites for hydroxylation is 1. The van der Waals surface area contributed by atoms with Crippen LogP contribution in [0.5, 0.6) is 5.75 Å². The van der Waals surface area contributed by atoms with Gasteiger partial charge in [-0.1, -0.05) is 6.07 Å². The van der Waals surface area contributed by atoms with Crippen molar-refractivity contribution in [3.8, 4) is 22.9 Å². The van der Waals surface area contributed by atoms with Crippen molar-refractivity contribution in [2.24, 2.45) is 0 Å². The minimum Gasteiger partial charge on any atom is -0.492 e. The van der Waals surface area contributed by atoms with Gasteiger partial charge in [0.05, 0.1) is 30.1 Å². The SMILES string of the molecule is CCOc1cc(-c2ccc(N3CCC(NC(=O)c4cc(F)ccc4C)(C(=O)NC)CC3)nc2)c2c(C#N)cnn2c1. The van der Waals surface area contributed by atoms with E-state index in [1.807, 2.05) is 25.1 Å². The molecule has 1 aromatic carbocycles. The third-order valence-corrected chi connectivity index (χ3v) is 7.48. The zero-order valence-corrected chi connectivity index (χ0v) is 23.1. The van der Waals surface area contributed by atoms with Crippen molar-refractivity contribution in [2.75, 3.05) is 31.6 Å². The Morgan fingerprint density at radius 2 is 1.95 bits per heavy atom. The van der Waals surface area contributed by atoms with Gasteiger partial charge in [-0.3, -0.25) is 9.59 Å². The molecule has 1 aliphatic rings. The van der Waals surface area contributed by atoms with Gasteiger partial charge < -0.3 is 20.3 Å². The monoisotopic (exact) mass is 555 g/mol. The van der Waals surface area contributed by atoms with E-state index in [1.54, 1.807) is 29.9 Å². The number of ether oxygens (including phenoxy) is 1. The zero-order valence-electron chi connectivity index (χ0n) is 23.1. The molecular weight excluding hydrogens is 525 g/mol. The molecule has 1 aliphatic heterocycles. The fourth-order valence-corrected chi connectivity index (χ4v) is 5.27. The van der Waals surface area contributed by atoms with Crippen molar-refractivity contribution in [1.82, 2.24) is 25.2 Å². The van der Waals surface area contributed by atoms with Crippen molar-refractivity contribution < 1.29 is 18.7 Å². The second kappa shape index (κ2) is 11.3. The Kier molecular flexibility index (Phi) is 7.57. The first-order valence-corrected chi connectivity index (χ1v) is 13.3. The van der Waals surface area contributed by atoms with Crippen molar-refractivity contribution >= 4 is 23.1 Å². The van der Waals surface area contributed by atoms with Gasteiger partial charge in [0.2, 0.25) is 5.91 Å². The number of fused-ring (bicyclic) bond motifs is 1. The number of nitriles is 1. The van der Waals surface area contributed by atoms with Crippen LogP contribution < -0.4 is 20.3 Å². The van der Waals surface area contributed by atoms with E-state index in [2.05, 4.69) is 31.7 Å². The summed E-state index contributed by atoms with van der Waals surface area (Å²) in [6, 6.07) is 11.9. The predicted molar refractivity (Wildman–Crippen MR) is 151 cm³/mol. The molecule has 0 atom stereocenters. The number of likely N-dealkylation sites (N-methyl/N-ethyl adjacent to an activating group) is 1. The second-order valence-electron chi connectivity index (χ2n) is 9.95. The number of piperidine rings is 1. The third-order valence-electron chi connectivity index (χ3n) is 7.48. The molecule has 41 heavy (non-hydrogen) atoms. The molecule has 0 saturated carbocycles. The van der Waals surface area contributed by atoms with Crippen LogP contribution in [-0.4, -0.2) is 58.7 Å². The average molecular weight is 556 g/mol. The second-order valence-corrected chi connectivity index (χ2v) is 9.95. The molecule has 2 N–H and O–H groups in total. The van der Waals surface area contributed by atoms with Gasteiger partial charge in [-0.05, 0) is 62.6 Å². The average Bonchev–Trinajstić information content (AvgIpc) is 3.41. The number of rotatable bonds is 7. The largest absolute Gasteiger partial charge is 0.492 e. The van der Waals surface area contributed by atoms with Crippen molar-refractivity contribution in [2.45, 2.75) is 32.2 Å². The number of halogens is 1. The Bertz CT molecular complexity index is 1650. The van der Waals surface area contributed by atoms with Gasteiger partial charge in [-0.15, -0.1) is 0 Å². The first-order chi connectivity index (χ1) is 19.8. The lowest BCUT2D eigenvalue weighted by atomic mass is 9.85. The quantitative estimate of drug-likeness (QED) is 0.357. The molecular formula is C30H30FN7O3. The van der Waals surface area contributed by atoms with Crippen LogP contribution in [0.25, 0.3) is 16.6 Å². The number of nitrogens with one attached hydrogen (secondary N) is 2. The van der Waals surface area contributed by atoms with E-state index in [0.717, 1.165) is 16.9 Å². The molecule has 10 nitrogen and oxygen atoms in total. The summed E-state index contributed by atoms with van der Waals surface area (Å²) in [5, 5.41) is 19.5. The number of pyridine rings is 2. The number of benzene rings is 1. The number of hydrogen-bond acceptors (Lipinski definition) is 7. The highest BCUT2D eigenvalue weighted by Crippen LogP contribution is 2.32. The standard InChI is InChI=1S/C30H30FN7O3/c1-4-41-23-14-25(27-21(15-32)17-35-38(27)18-23)20-6-8-26(34-16-20)37-11-9-30(10-12-37,29(40)33-3)36-28(39)24-13-22(31)7-5-19(24)2/h5-8,13-14,16-18H,4,9-12H2,1-3H3,(H,33,40)(H,36,39). The van der Waals surface area contributed by atoms with E-state index in [9.17, 15) is 19.2 Å². The van der Waals surface area contributed by atoms with E-state index in [4.69, 9.17) is 4.74 Å². The van der Waals surface area contributed by atoms with Gasteiger partial charge >= 0.3 is 0 Å². The minimum atomic E-state index is -1.14. The van der Waals surface area contributed by atoms with Gasteiger partial charge in [0.25, 0.3) is 5.91 Å². The summed E-state index contributed by atoms with van der Waals surface area (Å²) < 4.78 is 21.2. The van der Waals surface area contributed by atoms with E-state index in [-0.39, 0.29) is 11.5 Å². The highest BCUT2D eigenvalue weighted by molar-refractivity contribution is 6.00. The molecule has 5 rings (SSSR count). The van der Waals surface area contributed by atoms with Crippen LogP contribution in [0.2, 0.25) is 0 Å². The zero-order chi connectivity index (χ0) is 29.1. The molecule has 210 valence electrons. The summed E-state index contributed by atoms with van der Waals surface area (Å²) in [4.78, 5) is 32.8. The molecule has 2 amide bonds. The molecule has 3 aromatic heterocycles. The number of hydrogen-bond donors (Lipinski definition) is 2. The molecule has 1 saturated heterocycles. The molecule has 11 heteroatoms. The maximum Gasteiger partial charge on any atom is 0.252 e. The Morgan fingerprint density at radius 1 is 1.17 bits per heavy atom. The van der Waals surface area contributed by atoms with Crippen LogP contribution in [-0.2, 0) is 4.79 Å². The van der Waals surface area contributed by atoms with Crippen LogP contribution in [0.15, 0.2) is 55.0 Å². The van der Waals surface area contributed by atoms with E-state index >= 15 is 0 Å². The Morgan fingerprint density at radius 3 is 2.61 bits per heavy atom. The summed E-state index contributed by atoms with van der Waals surface area (Å²) in [6.07, 6.45) is 5.69. The van der Waals surface area contributed by atoms with Crippen molar-refractivity contribution in [3.05, 3.63) is 77.5 Å².